The maximum absolute atomic E-state index is 12.4. The zero-order valence-corrected chi connectivity index (χ0v) is 19.8. The molecule has 1 aromatic heterocycles. The number of pyridine rings is 1. The molecule has 0 bridgehead atoms. The molecule has 0 saturated carbocycles. The number of carbonyl (C=O) groups excluding carboxylic acids is 1. The van der Waals surface area contributed by atoms with Crippen molar-refractivity contribution < 1.29 is 18.0 Å². The number of amides is 1. The molecule has 1 amide bonds. The van der Waals surface area contributed by atoms with Crippen LogP contribution in [0.1, 0.15) is 25.3 Å². The molecule has 1 aliphatic rings. The fourth-order valence-electron chi connectivity index (χ4n) is 3.04. The van der Waals surface area contributed by atoms with Crippen LogP contribution < -0.4 is 15.5 Å². The summed E-state index contributed by atoms with van der Waals surface area (Å²) >= 11 is 0. The summed E-state index contributed by atoms with van der Waals surface area (Å²) in [5, 5.41) is 6.32. The van der Waals surface area contributed by atoms with Gasteiger partial charge in [0, 0.05) is 38.9 Å². The first-order chi connectivity index (χ1) is 13.7. The average Bonchev–Trinajstić information content (AvgIpc) is 2.66. The maximum atomic E-state index is 12.4. The lowest BCUT2D eigenvalue weighted by atomic mass is 10.1. The minimum absolute atomic E-state index is 0. The van der Waals surface area contributed by atoms with Crippen LogP contribution in [-0.2, 0) is 4.79 Å². The number of likely N-dealkylation sites (N-methyl/N-ethyl adjacent to an activating group) is 1. The van der Waals surface area contributed by atoms with Crippen LogP contribution in [0.3, 0.4) is 0 Å². The summed E-state index contributed by atoms with van der Waals surface area (Å²) in [7, 11) is 1.13. The van der Waals surface area contributed by atoms with Crippen molar-refractivity contribution >= 4 is 41.7 Å². The van der Waals surface area contributed by atoms with E-state index in [9.17, 15) is 18.0 Å². The minimum Gasteiger partial charge on any atom is -0.357 e. The number of carbonyl (C=O) groups is 1. The number of nitrogens with one attached hydrogen (secondary N) is 2. The highest BCUT2D eigenvalue weighted by Gasteiger charge is 2.31. The molecular weight excluding hydrogens is 512 g/mol. The number of hydrogen-bond donors (Lipinski definition) is 2. The Labute approximate surface area is 192 Å². The molecule has 0 spiro atoms. The Morgan fingerprint density at radius 2 is 2.00 bits per heavy atom. The second-order valence-electron chi connectivity index (χ2n) is 7.16. The first-order valence-electron chi connectivity index (χ1n) is 9.71. The molecule has 0 atom stereocenters. The van der Waals surface area contributed by atoms with Crippen LogP contribution in [0.4, 0.5) is 19.0 Å². The third-order valence-corrected chi connectivity index (χ3v) is 4.61. The molecule has 0 unspecified atom stereocenters. The van der Waals surface area contributed by atoms with Gasteiger partial charge in [-0.05, 0) is 38.3 Å². The second kappa shape index (κ2) is 12.2. The highest BCUT2D eigenvalue weighted by atomic mass is 127. The van der Waals surface area contributed by atoms with E-state index in [2.05, 4.69) is 25.5 Å². The Morgan fingerprint density at radius 1 is 1.33 bits per heavy atom. The van der Waals surface area contributed by atoms with E-state index in [-0.39, 0.29) is 36.6 Å². The van der Waals surface area contributed by atoms with Crippen molar-refractivity contribution in [3.05, 3.63) is 23.9 Å². The zero-order valence-electron chi connectivity index (χ0n) is 17.5. The number of hydrogen-bond acceptors (Lipinski definition) is 4. The van der Waals surface area contributed by atoms with Gasteiger partial charge in [-0.1, -0.05) is 6.07 Å². The van der Waals surface area contributed by atoms with Crippen molar-refractivity contribution in [3.8, 4) is 0 Å². The number of alkyl halides is 3. The molecule has 2 N–H and O–H groups in total. The summed E-state index contributed by atoms with van der Waals surface area (Å²) in [6.45, 7) is 4.52. The molecule has 1 fully saturated rings. The van der Waals surface area contributed by atoms with Crippen LogP contribution in [0, 0.1) is 6.92 Å². The topological polar surface area (TPSA) is 72.9 Å². The molecule has 30 heavy (non-hydrogen) atoms. The summed E-state index contributed by atoms with van der Waals surface area (Å²) in [6.07, 6.45) is -0.844. The van der Waals surface area contributed by atoms with E-state index < -0.39 is 18.6 Å². The van der Waals surface area contributed by atoms with Crippen LogP contribution in [0.25, 0.3) is 0 Å². The van der Waals surface area contributed by atoms with Crippen molar-refractivity contribution in [2.45, 2.75) is 38.9 Å². The smallest absolute Gasteiger partial charge is 0.357 e. The fourth-order valence-corrected chi connectivity index (χ4v) is 3.04. The van der Waals surface area contributed by atoms with Gasteiger partial charge in [0.05, 0.1) is 0 Å². The molecule has 7 nitrogen and oxygen atoms in total. The highest BCUT2D eigenvalue weighted by Crippen LogP contribution is 2.18. The molecule has 1 saturated heterocycles. The molecule has 170 valence electrons. The van der Waals surface area contributed by atoms with E-state index in [0.29, 0.717) is 17.4 Å². The molecule has 2 rings (SSSR count). The molecule has 0 aliphatic carbocycles. The van der Waals surface area contributed by atoms with Gasteiger partial charge in [0.25, 0.3) is 0 Å². The lowest BCUT2D eigenvalue weighted by Gasteiger charge is -2.33. The van der Waals surface area contributed by atoms with Gasteiger partial charge < -0.3 is 20.4 Å². The van der Waals surface area contributed by atoms with Gasteiger partial charge >= 0.3 is 6.18 Å². The van der Waals surface area contributed by atoms with Gasteiger partial charge in [0.1, 0.15) is 18.9 Å². The van der Waals surface area contributed by atoms with Crippen LogP contribution in [0.15, 0.2) is 23.3 Å². The average molecular weight is 542 g/mol. The normalized spacial score (nSPS) is 15.4. The third-order valence-electron chi connectivity index (χ3n) is 4.61. The Morgan fingerprint density at radius 3 is 2.53 bits per heavy atom. The van der Waals surface area contributed by atoms with E-state index >= 15 is 0 Å². The highest BCUT2D eigenvalue weighted by molar-refractivity contribution is 14.0. The lowest BCUT2D eigenvalue weighted by Crippen LogP contribution is -2.49. The SMILES string of the molecule is CCNC(=NCC(=O)N(C)CC(F)(F)F)NC1CCN(c2ccc(C)cn2)CC1.I. The number of nitrogens with zero attached hydrogens (tertiary/aromatic N) is 4. The first kappa shape index (κ1) is 26.2. The largest absolute Gasteiger partial charge is 0.406 e. The predicted octanol–water partition coefficient (Wildman–Crippen LogP) is 2.55. The lowest BCUT2D eigenvalue weighted by molar-refractivity contribution is -0.157. The van der Waals surface area contributed by atoms with Crippen LogP contribution in [0.2, 0.25) is 0 Å². The number of anilines is 1. The van der Waals surface area contributed by atoms with Crippen molar-refractivity contribution in [1.82, 2.24) is 20.5 Å². The summed E-state index contributed by atoms with van der Waals surface area (Å²) in [5.41, 5.74) is 1.12. The standard InChI is InChI=1S/C19H29F3N6O.HI/c1-4-23-18(25-12-17(29)27(3)13-19(20,21)22)26-15-7-9-28(10-8-15)16-6-5-14(2)11-24-16;/h5-6,11,15H,4,7-10,12-13H2,1-3H3,(H2,23,25,26);1H. The van der Waals surface area contributed by atoms with Gasteiger partial charge in [-0.3, -0.25) is 4.79 Å². The van der Waals surface area contributed by atoms with Gasteiger partial charge in [-0.15, -0.1) is 24.0 Å². The van der Waals surface area contributed by atoms with E-state index in [1.165, 1.54) is 0 Å². The summed E-state index contributed by atoms with van der Waals surface area (Å²) in [5.74, 6) is 0.709. The number of aliphatic imine (C=N–C) groups is 1. The van der Waals surface area contributed by atoms with E-state index in [1.807, 2.05) is 32.2 Å². The van der Waals surface area contributed by atoms with Crippen molar-refractivity contribution in [1.29, 1.82) is 0 Å². The summed E-state index contributed by atoms with van der Waals surface area (Å²) in [6, 6.07) is 4.21. The summed E-state index contributed by atoms with van der Waals surface area (Å²) in [4.78, 5) is 23.4. The maximum Gasteiger partial charge on any atom is 0.406 e. The fraction of sp³-hybridized carbons (Fsp3) is 0.632. The first-order valence-corrected chi connectivity index (χ1v) is 9.71. The molecule has 0 aromatic carbocycles. The van der Waals surface area contributed by atoms with Crippen LogP contribution >= 0.6 is 24.0 Å². The molecule has 11 heteroatoms. The molecule has 0 radical (unpaired) electrons. The number of aromatic nitrogens is 1. The third kappa shape index (κ3) is 8.92. The zero-order chi connectivity index (χ0) is 21.4. The van der Waals surface area contributed by atoms with E-state index in [1.54, 1.807) is 0 Å². The van der Waals surface area contributed by atoms with Gasteiger partial charge in [0.15, 0.2) is 5.96 Å². The number of piperidine rings is 1. The van der Waals surface area contributed by atoms with Crippen molar-refractivity contribution in [2.75, 3.05) is 44.7 Å². The van der Waals surface area contributed by atoms with Crippen LogP contribution in [0.5, 0.6) is 0 Å². The molecule has 1 aliphatic heterocycles. The van der Waals surface area contributed by atoms with E-state index in [4.69, 9.17) is 0 Å². The van der Waals surface area contributed by atoms with Crippen molar-refractivity contribution in [3.63, 3.8) is 0 Å². The van der Waals surface area contributed by atoms with Crippen molar-refractivity contribution in [2.24, 2.45) is 4.99 Å². The Hall–Kier alpha value is -1.79. The molecule has 2 heterocycles. The van der Waals surface area contributed by atoms with E-state index in [0.717, 1.165) is 44.4 Å². The number of rotatable bonds is 6. The monoisotopic (exact) mass is 542 g/mol. The molecule has 1 aromatic rings. The molecular formula is C19H30F3IN6O. The Balaban J connectivity index is 0.00000450. The second-order valence-corrected chi connectivity index (χ2v) is 7.16. The van der Waals surface area contributed by atoms with Gasteiger partial charge in [-0.25, -0.2) is 9.98 Å². The summed E-state index contributed by atoms with van der Waals surface area (Å²) < 4.78 is 37.2. The minimum atomic E-state index is -4.42. The quantitative estimate of drug-likeness (QED) is 0.329. The van der Waals surface area contributed by atoms with Gasteiger partial charge in [0.2, 0.25) is 5.91 Å². The number of aryl methyl sites for hydroxylation is 1. The number of halogens is 4. The van der Waals surface area contributed by atoms with Crippen LogP contribution in [-0.4, -0.2) is 73.7 Å². The van der Waals surface area contributed by atoms with Gasteiger partial charge in [-0.2, -0.15) is 13.2 Å². The Bertz CT molecular complexity index is 691. The Kier molecular flexibility index (Phi) is 10.6. The number of guanidine groups is 1. The predicted molar refractivity (Wildman–Crippen MR) is 122 cm³/mol.